The zero-order valence-electron chi connectivity index (χ0n) is 30.9. The topological polar surface area (TPSA) is 173 Å². The molecule has 12 heteroatoms. The van der Waals surface area contributed by atoms with Crippen molar-refractivity contribution >= 4 is 40.9 Å². The maximum Gasteiger partial charge on any atom is 0.338 e. The number of carbonyl (C=O) groups excluding carboxylic acids is 2. The van der Waals surface area contributed by atoms with Gasteiger partial charge in [-0.15, -0.1) is 11.8 Å². The summed E-state index contributed by atoms with van der Waals surface area (Å²) in [6.07, 6.45) is 3.73. The summed E-state index contributed by atoms with van der Waals surface area (Å²) >= 11 is 1.34. The SMILES string of the molecule is Nc1ccccc1NC(=O)CCCCCC(=O)NCc1cccc(-c2cccc([C@@H]3O[C@H](CSc4ncccc4C(=O)O)C[C@H](c4ccc(CO)cc4)O3)c2)c1. The van der Waals surface area contributed by atoms with Crippen molar-refractivity contribution in [2.24, 2.45) is 0 Å². The molecule has 11 nitrogen and oxygen atoms in total. The molecule has 1 saturated heterocycles. The quantitative estimate of drug-likeness (QED) is 0.0353. The Morgan fingerprint density at radius 2 is 1.54 bits per heavy atom. The number of aromatic carboxylic acids is 1. The molecule has 0 unspecified atom stereocenters. The van der Waals surface area contributed by atoms with Crippen molar-refractivity contribution in [3.63, 3.8) is 0 Å². The molecule has 6 rings (SSSR count). The standard InChI is InChI=1S/C44H46N4O7S/c45-37-14-4-5-15-38(37)48-41(51)17-3-1-2-16-40(50)47-26-30-9-6-10-32(23-30)33-11-7-12-34(24-33)44-54-35(28-56-42-36(43(52)53)13-8-22-46-42)25-39(55-44)31-20-18-29(27-49)19-21-31/h4-15,18-24,35,39,44,49H,1-3,16-17,25-28,45H2,(H,47,50)(H,48,51)(H,52,53)/t35-,39+,44+/m0/s1. The lowest BCUT2D eigenvalue weighted by Gasteiger charge is -2.36. The number of aliphatic hydroxyl groups is 1. The van der Waals surface area contributed by atoms with Crippen LogP contribution in [-0.4, -0.2) is 44.8 Å². The number of nitrogens with one attached hydrogen (secondary N) is 2. The number of nitrogens with two attached hydrogens (primary N) is 1. The number of carboxylic acids is 1. The lowest BCUT2D eigenvalue weighted by molar-refractivity contribution is -0.245. The van der Waals surface area contributed by atoms with Crippen molar-refractivity contribution in [2.75, 3.05) is 16.8 Å². The number of unbranched alkanes of at least 4 members (excludes halogenated alkanes) is 2. The van der Waals surface area contributed by atoms with Crippen molar-refractivity contribution in [3.8, 4) is 11.1 Å². The Hall–Kier alpha value is -5.53. The van der Waals surface area contributed by atoms with Crippen molar-refractivity contribution in [3.05, 3.63) is 143 Å². The molecule has 290 valence electrons. The zero-order chi connectivity index (χ0) is 39.3. The van der Waals surface area contributed by atoms with Gasteiger partial charge in [-0.05, 0) is 77.1 Å². The third-order valence-electron chi connectivity index (χ3n) is 9.47. The molecule has 4 aromatic carbocycles. The lowest BCUT2D eigenvalue weighted by atomic mass is 9.99. The van der Waals surface area contributed by atoms with Gasteiger partial charge >= 0.3 is 5.97 Å². The Morgan fingerprint density at radius 3 is 2.30 bits per heavy atom. The highest BCUT2D eigenvalue weighted by molar-refractivity contribution is 7.99. The molecule has 2 amide bonds. The molecule has 0 aliphatic carbocycles. The summed E-state index contributed by atoms with van der Waals surface area (Å²) < 4.78 is 13.1. The summed E-state index contributed by atoms with van der Waals surface area (Å²) in [6.45, 7) is 0.334. The molecule has 1 fully saturated rings. The fraction of sp³-hybridized carbons (Fsp3) is 0.273. The lowest BCUT2D eigenvalue weighted by Crippen LogP contribution is -2.31. The molecular formula is C44H46N4O7S. The first-order chi connectivity index (χ1) is 27.2. The molecule has 1 aromatic heterocycles. The normalized spacial score (nSPS) is 16.6. The van der Waals surface area contributed by atoms with Crippen LogP contribution in [0.4, 0.5) is 11.4 Å². The van der Waals surface area contributed by atoms with Crippen LogP contribution in [0.3, 0.4) is 0 Å². The van der Waals surface area contributed by atoms with Gasteiger partial charge in [0, 0.05) is 43.3 Å². The van der Waals surface area contributed by atoms with Gasteiger partial charge in [0.1, 0.15) is 5.03 Å². The number of anilines is 2. The summed E-state index contributed by atoms with van der Waals surface area (Å²) in [4.78, 5) is 41.0. The number of thioether (sulfide) groups is 1. The van der Waals surface area contributed by atoms with Crippen LogP contribution in [0, 0.1) is 0 Å². The maximum atomic E-state index is 12.7. The Bertz CT molecular complexity index is 2110. The van der Waals surface area contributed by atoms with Crippen LogP contribution in [0.1, 0.15) is 83.5 Å². The number of carbonyl (C=O) groups is 3. The van der Waals surface area contributed by atoms with Crippen LogP contribution in [0.25, 0.3) is 11.1 Å². The summed E-state index contributed by atoms with van der Waals surface area (Å²) in [5, 5.41) is 25.5. The number of hydrogen-bond acceptors (Lipinski definition) is 9. The van der Waals surface area contributed by atoms with Gasteiger partial charge in [-0.25, -0.2) is 9.78 Å². The van der Waals surface area contributed by atoms with Gasteiger partial charge in [0.2, 0.25) is 11.8 Å². The van der Waals surface area contributed by atoms with Crippen molar-refractivity contribution in [1.82, 2.24) is 10.3 Å². The molecule has 6 N–H and O–H groups in total. The monoisotopic (exact) mass is 774 g/mol. The minimum atomic E-state index is -1.03. The van der Waals surface area contributed by atoms with E-state index in [0.717, 1.165) is 39.8 Å². The van der Waals surface area contributed by atoms with E-state index in [1.807, 2.05) is 78.9 Å². The van der Waals surface area contributed by atoms with Gasteiger partial charge in [0.05, 0.1) is 35.8 Å². The molecule has 0 bridgehead atoms. The first-order valence-corrected chi connectivity index (χ1v) is 19.7. The van der Waals surface area contributed by atoms with E-state index in [9.17, 15) is 24.6 Å². The number of hydrogen-bond donors (Lipinski definition) is 5. The number of amides is 2. The minimum absolute atomic E-state index is 0.0407. The number of carboxylic acid groups (broad SMARTS) is 1. The van der Waals surface area contributed by atoms with E-state index in [2.05, 4.69) is 21.7 Å². The molecule has 5 aromatic rings. The molecule has 0 radical (unpaired) electrons. The number of benzene rings is 4. The van der Waals surface area contributed by atoms with Gasteiger partial charge in [0.25, 0.3) is 0 Å². The molecule has 0 saturated carbocycles. The average molecular weight is 775 g/mol. The predicted molar refractivity (Wildman–Crippen MR) is 217 cm³/mol. The smallest absolute Gasteiger partial charge is 0.338 e. The van der Waals surface area contributed by atoms with Crippen LogP contribution < -0.4 is 16.4 Å². The van der Waals surface area contributed by atoms with Crippen LogP contribution in [0.15, 0.2) is 120 Å². The Kier molecular flexibility index (Phi) is 14.2. The maximum absolute atomic E-state index is 12.7. The Morgan fingerprint density at radius 1 is 0.786 bits per heavy atom. The van der Waals surface area contributed by atoms with E-state index in [1.165, 1.54) is 11.8 Å². The third kappa shape index (κ3) is 11.3. The Labute approximate surface area is 330 Å². The molecular weight excluding hydrogens is 729 g/mol. The van der Waals surface area contributed by atoms with Crippen LogP contribution in [0.5, 0.6) is 0 Å². The van der Waals surface area contributed by atoms with E-state index >= 15 is 0 Å². The molecule has 1 aliphatic heterocycles. The van der Waals surface area contributed by atoms with Crippen LogP contribution in [0.2, 0.25) is 0 Å². The molecule has 1 aliphatic rings. The van der Waals surface area contributed by atoms with Gasteiger partial charge in [0.15, 0.2) is 6.29 Å². The number of nitrogen functional groups attached to an aromatic ring is 1. The van der Waals surface area contributed by atoms with Gasteiger partial charge < -0.3 is 36.1 Å². The fourth-order valence-electron chi connectivity index (χ4n) is 6.45. The largest absolute Gasteiger partial charge is 0.478 e. The molecule has 0 spiro atoms. The molecule has 56 heavy (non-hydrogen) atoms. The second-order valence-electron chi connectivity index (χ2n) is 13.6. The molecule has 3 atom stereocenters. The van der Waals surface area contributed by atoms with Crippen molar-refractivity contribution < 1.29 is 34.1 Å². The van der Waals surface area contributed by atoms with Gasteiger partial charge in [-0.3, -0.25) is 9.59 Å². The number of aliphatic hydroxyl groups excluding tert-OH is 1. The van der Waals surface area contributed by atoms with Gasteiger partial charge in [-0.2, -0.15) is 0 Å². The predicted octanol–water partition coefficient (Wildman–Crippen LogP) is 8.06. The highest BCUT2D eigenvalue weighted by Crippen LogP contribution is 2.40. The number of aromatic nitrogens is 1. The molecule has 2 heterocycles. The number of rotatable bonds is 17. The van der Waals surface area contributed by atoms with Crippen molar-refractivity contribution in [2.45, 2.75) is 75.2 Å². The Balaban J connectivity index is 1.05. The summed E-state index contributed by atoms with van der Waals surface area (Å²) in [7, 11) is 0. The number of nitrogens with zero attached hydrogens (tertiary/aromatic N) is 1. The van der Waals surface area contributed by atoms with Crippen molar-refractivity contribution in [1.29, 1.82) is 0 Å². The zero-order valence-corrected chi connectivity index (χ0v) is 31.8. The fourth-order valence-corrected chi connectivity index (χ4v) is 7.45. The van der Waals surface area contributed by atoms with E-state index < -0.39 is 12.3 Å². The number of para-hydroxylation sites is 2. The van der Waals surface area contributed by atoms with Crippen LogP contribution >= 0.6 is 11.8 Å². The van der Waals surface area contributed by atoms with E-state index in [-0.39, 0.29) is 36.2 Å². The third-order valence-corrected chi connectivity index (χ3v) is 10.6. The minimum Gasteiger partial charge on any atom is -0.478 e. The second-order valence-corrected chi connectivity index (χ2v) is 14.6. The van der Waals surface area contributed by atoms with E-state index in [4.69, 9.17) is 15.2 Å². The first-order valence-electron chi connectivity index (χ1n) is 18.7. The van der Waals surface area contributed by atoms with E-state index in [1.54, 1.807) is 30.5 Å². The summed E-state index contributed by atoms with van der Waals surface area (Å²) in [5.74, 6) is -0.695. The van der Waals surface area contributed by atoms with E-state index in [0.29, 0.717) is 60.8 Å². The second kappa shape index (κ2) is 19.9. The van der Waals surface area contributed by atoms with Gasteiger partial charge in [-0.1, -0.05) is 79.2 Å². The number of ether oxygens (including phenoxy) is 2. The van der Waals surface area contributed by atoms with Crippen LogP contribution in [-0.2, 0) is 32.2 Å². The average Bonchev–Trinajstić information content (AvgIpc) is 3.23. The first kappa shape index (κ1) is 40.1. The number of pyridine rings is 1. The highest BCUT2D eigenvalue weighted by Gasteiger charge is 2.33. The summed E-state index contributed by atoms with van der Waals surface area (Å²) in [5.41, 5.74) is 12.7. The highest BCUT2D eigenvalue weighted by atomic mass is 32.2. The summed E-state index contributed by atoms with van der Waals surface area (Å²) in [6, 6.07) is 34.0.